The Morgan fingerprint density at radius 3 is 2.64 bits per heavy atom. The second-order valence-corrected chi connectivity index (χ2v) is 7.66. The minimum atomic E-state index is -0.218. The van der Waals surface area contributed by atoms with Gasteiger partial charge in [-0.25, -0.2) is 0 Å². The van der Waals surface area contributed by atoms with Crippen LogP contribution in [-0.2, 0) is 4.79 Å². The topological polar surface area (TPSA) is 84.0 Å². The number of carbonyl (C=O) groups is 2. The van der Waals surface area contributed by atoms with Crippen LogP contribution in [0.5, 0.6) is 0 Å². The molecule has 6 nitrogen and oxygen atoms in total. The molecule has 0 saturated carbocycles. The van der Waals surface area contributed by atoms with Gasteiger partial charge in [0.05, 0.1) is 0 Å². The van der Waals surface area contributed by atoms with Crippen LogP contribution in [0.25, 0.3) is 10.6 Å². The number of thiophene rings is 1. The maximum atomic E-state index is 12.0. The molecule has 0 unspecified atom stereocenters. The molecule has 2 amide bonds. The van der Waals surface area contributed by atoms with E-state index in [2.05, 4.69) is 36.8 Å². The van der Waals surface area contributed by atoms with Crippen LogP contribution >= 0.6 is 38.6 Å². The van der Waals surface area contributed by atoms with Crippen LogP contribution in [0.3, 0.4) is 0 Å². The lowest BCUT2D eigenvalue weighted by Gasteiger charge is -2.05. The monoisotopic (exact) mass is 436 g/mol. The van der Waals surface area contributed by atoms with E-state index in [1.54, 1.807) is 35.6 Å². The molecule has 2 heterocycles. The molecule has 128 valence electrons. The number of rotatable bonds is 6. The molecule has 0 aliphatic heterocycles. The van der Waals surface area contributed by atoms with Gasteiger partial charge in [0.2, 0.25) is 11.0 Å². The average Bonchev–Trinajstić information content (AvgIpc) is 3.26. The van der Waals surface area contributed by atoms with Gasteiger partial charge in [-0.1, -0.05) is 27.3 Å². The predicted molar refractivity (Wildman–Crippen MR) is 103 cm³/mol. The van der Waals surface area contributed by atoms with Crippen molar-refractivity contribution in [1.29, 1.82) is 0 Å². The summed E-state index contributed by atoms with van der Waals surface area (Å²) in [5.41, 5.74) is 1.54. The zero-order valence-electron chi connectivity index (χ0n) is 12.9. The Labute approximate surface area is 160 Å². The van der Waals surface area contributed by atoms with E-state index >= 15 is 0 Å². The second kappa shape index (κ2) is 8.32. The van der Waals surface area contributed by atoms with E-state index < -0.39 is 0 Å². The molecule has 0 saturated heterocycles. The number of aromatic nitrogens is 2. The van der Waals surface area contributed by atoms with E-state index in [1.165, 1.54) is 11.3 Å². The first kappa shape index (κ1) is 17.7. The van der Waals surface area contributed by atoms with Crippen LogP contribution in [0.2, 0.25) is 0 Å². The molecule has 0 bridgehead atoms. The van der Waals surface area contributed by atoms with Crippen LogP contribution in [0.1, 0.15) is 16.8 Å². The van der Waals surface area contributed by atoms with Gasteiger partial charge in [-0.05, 0) is 35.7 Å². The summed E-state index contributed by atoms with van der Waals surface area (Å²) in [4.78, 5) is 23.9. The van der Waals surface area contributed by atoms with Gasteiger partial charge in [-0.2, -0.15) is 11.3 Å². The molecular weight excluding hydrogens is 424 g/mol. The molecule has 3 rings (SSSR count). The van der Waals surface area contributed by atoms with Crippen molar-refractivity contribution in [2.24, 2.45) is 0 Å². The Morgan fingerprint density at radius 1 is 1.12 bits per heavy atom. The van der Waals surface area contributed by atoms with Crippen molar-refractivity contribution in [2.75, 3.05) is 11.9 Å². The summed E-state index contributed by atoms with van der Waals surface area (Å²) >= 11 is 6.21. The molecule has 0 aliphatic carbocycles. The third-order valence-corrected chi connectivity index (χ3v) is 5.28. The van der Waals surface area contributed by atoms with Gasteiger partial charge in [0.1, 0.15) is 5.01 Å². The highest BCUT2D eigenvalue weighted by Gasteiger charge is 2.11. The van der Waals surface area contributed by atoms with Crippen molar-refractivity contribution in [3.8, 4) is 10.6 Å². The standard InChI is InChI=1S/C16H13BrN4O2S2/c17-12-3-1-10(2-4-12)14(23)18-7-5-13(22)19-16-21-20-15(25-16)11-6-8-24-9-11/h1-4,6,8-9H,5,7H2,(H,18,23)(H,19,21,22). The minimum Gasteiger partial charge on any atom is -0.352 e. The SMILES string of the molecule is O=C(CCNC(=O)c1ccc(Br)cc1)Nc1nnc(-c2ccsc2)s1. The number of hydrogen-bond acceptors (Lipinski definition) is 6. The smallest absolute Gasteiger partial charge is 0.251 e. The third-order valence-electron chi connectivity index (χ3n) is 3.18. The number of nitrogens with one attached hydrogen (secondary N) is 2. The summed E-state index contributed by atoms with van der Waals surface area (Å²) < 4.78 is 0.905. The van der Waals surface area contributed by atoms with Crippen molar-refractivity contribution in [3.63, 3.8) is 0 Å². The van der Waals surface area contributed by atoms with E-state index in [1.807, 2.05) is 16.8 Å². The molecule has 0 aliphatic rings. The van der Waals surface area contributed by atoms with E-state index in [0.717, 1.165) is 15.0 Å². The number of amides is 2. The molecule has 0 atom stereocenters. The largest absolute Gasteiger partial charge is 0.352 e. The van der Waals surface area contributed by atoms with E-state index in [0.29, 0.717) is 10.7 Å². The molecule has 0 spiro atoms. The average molecular weight is 437 g/mol. The minimum absolute atomic E-state index is 0.162. The van der Waals surface area contributed by atoms with Crippen molar-refractivity contribution in [3.05, 3.63) is 51.1 Å². The zero-order chi connectivity index (χ0) is 17.6. The Balaban J connectivity index is 1.45. The Kier molecular flexibility index (Phi) is 5.90. The summed E-state index contributed by atoms with van der Waals surface area (Å²) in [6.45, 7) is 0.247. The molecule has 0 radical (unpaired) electrons. The van der Waals surface area contributed by atoms with Gasteiger partial charge < -0.3 is 10.6 Å². The normalized spacial score (nSPS) is 10.4. The Morgan fingerprint density at radius 2 is 1.92 bits per heavy atom. The Hall–Kier alpha value is -2.10. The number of halogens is 1. The number of benzene rings is 1. The molecule has 2 N–H and O–H groups in total. The lowest BCUT2D eigenvalue weighted by molar-refractivity contribution is -0.116. The highest BCUT2D eigenvalue weighted by molar-refractivity contribution is 9.10. The van der Waals surface area contributed by atoms with Crippen molar-refractivity contribution < 1.29 is 9.59 Å². The first-order chi connectivity index (χ1) is 12.1. The first-order valence-corrected chi connectivity index (χ1v) is 9.87. The molecule has 1 aromatic carbocycles. The van der Waals surface area contributed by atoms with Gasteiger partial charge in [0.15, 0.2) is 0 Å². The number of carbonyl (C=O) groups excluding carboxylic acids is 2. The van der Waals surface area contributed by atoms with Crippen molar-refractivity contribution in [2.45, 2.75) is 6.42 Å². The summed E-state index contributed by atoms with van der Waals surface area (Å²) in [6.07, 6.45) is 0.162. The fourth-order valence-electron chi connectivity index (χ4n) is 1.95. The molecular formula is C16H13BrN4O2S2. The van der Waals surface area contributed by atoms with Crippen molar-refractivity contribution in [1.82, 2.24) is 15.5 Å². The summed E-state index contributed by atoms with van der Waals surface area (Å²) in [7, 11) is 0. The quantitative estimate of drug-likeness (QED) is 0.615. The maximum Gasteiger partial charge on any atom is 0.251 e. The van der Waals surface area contributed by atoms with E-state index in [4.69, 9.17) is 0 Å². The zero-order valence-corrected chi connectivity index (χ0v) is 16.1. The maximum absolute atomic E-state index is 12.0. The van der Waals surface area contributed by atoms with Gasteiger partial charge in [-0.3, -0.25) is 9.59 Å². The van der Waals surface area contributed by atoms with Crippen molar-refractivity contribution >= 4 is 55.5 Å². The summed E-state index contributed by atoms with van der Waals surface area (Å²) in [6, 6.07) is 8.97. The molecule has 3 aromatic rings. The second-order valence-electron chi connectivity index (χ2n) is 4.99. The van der Waals surface area contributed by atoms with E-state index in [-0.39, 0.29) is 24.8 Å². The van der Waals surface area contributed by atoms with Gasteiger partial charge >= 0.3 is 0 Å². The number of nitrogens with zero attached hydrogens (tertiary/aromatic N) is 2. The first-order valence-electron chi connectivity index (χ1n) is 7.31. The highest BCUT2D eigenvalue weighted by atomic mass is 79.9. The van der Waals surface area contributed by atoms with Crippen LogP contribution in [0.4, 0.5) is 5.13 Å². The van der Waals surface area contributed by atoms with Gasteiger partial charge in [0, 0.05) is 33.9 Å². The van der Waals surface area contributed by atoms with Gasteiger partial charge in [-0.15, -0.1) is 10.2 Å². The van der Waals surface area contributed by atoms with Crippen LogP contribution in [0, 0.1) is 0 Å². The molecule has 25 heavy (non-hydrogen) atoms. The molecule has 2 aromatic heterocycles. The molecule has 0 fully saturated rings. The third kappa shape index (κ3) is 4.94. The summed E-state index contributed by atoms with van der Waals surface area (Å²) in [5.74, 6) is -0.430. The van der Waals surface area contributed by atoms with Crippen LogP contribution < -0.4 is 10.6 Å². The van der Waals surface area contributed by atoms with E-state index in [9.17, 15) is 9.59 Å². The highest BCUT2D eigenvalue weighted by Crippen LogP contribution is 2.27. The van der Waals surface area contributed by atoms with Crippen LogP contribution in [-0.4, -0.2) is 28.6 Å². The molecule has 9 heteroatoms. The number of hydrogen-bond donors (Lipinski definition) is 2. The lowest BCUT2D eigenvalue weighted by Crippen LogP contribution is -2.27. The predicted octanol–water partition coefficient (Wildman–Crippen LogP) is 3.79. The Bertz CT molecular complexity index is 863. The lowest BCUT2D eigenvalue weighted by atomic mass is 10.2. The number of anilines is 1. The van der Waals surface area contributed by atoms with Gasteiger partial charge in [0.25, 0.3) is 5.91 Å². The fourth-order valence-corrected chi connectivity index (χ4v) is 3.69. The fraction of sp³-hybridized carbons (Fsp3) is 0.125. The van der Waals surface area contributed by atoms with Crippen LogP contribution in [0.15, 0.2) is 45.6 Å². The summed E-state index contributed by atoms with van der Waals surface area (Å²) in [5, 5.41) is 18.6.